The van der Waals surface area contributed by atoms with Gasteiger partial charge in [-0.3, -0.25) is 0 Å². The van der Waals surface area contributed by atoms with E-state index in [0.717, 1.165) is 17.9 Å². The van der Waals surface area contributed by atoms with Crippen molar-refractivity contribution in [3.63, 3.8) is 0 Å². The van der Waals surface area contributed by atoms with Gasteiger partial charge in [0.15, 0.2) is 5.82 Å². The zero-order chi connectivity index (χ0) is 12.9. The SMILES string of the molecule is COCC/C=N\c1cc(C(C)(C)C)nn1CN. The molecule has 17 heavy (non-hydrogen) atoms. The van der Waals surface area contributed by atoms with Crippen LogP contribution in [0.4, 0.5) is 5.82 Å². The molecule has 5 nitrogen and oxygen atoms in total. The molecule has 0 fully saturated rings. The molecule has 0 saturated carbocycles. The molecule has 0 bridgehead atoms. The standard InChI is InChI=1S/C12H22N4O/c1-12(2,3)10-8-11(16(9-13)15-10)14-6-5-7-17-4/h6,8H,5,7,9,13H2,1-4H3/b14-6-. The second-order valence-electron chi connectivity index (χ2n) is 4.91. The molecule has 1 aromatic heterocycles. The molecular weight excluding hydrogens is 216 g/mol. The molecule has 1 heterocycles. The lowest BCUT2D eigenvalue weighted by Crippen LogP contribution is -2.14. The number of aromatic nitrogens is 2. The van der Waals surface area contributed by atoms with Gasteiger partial charge in [0.2, 0.25) is 0 Å². The van der Waals surface area contributed by atoms with E-state index in [4.69, 9.17) is 10.5 Å². The second-order valence-corrected chi connectivity index (χ2v) is 4.91. The molecule has 2 N–H and O–H groups in total. The number of aliphatic imine (C=N–C) groups is 1. The first-order valence-corrected chi connectivity index (χ1v) is 5.79. The van der Waals surface area contributed by atoms with Gasteiger partial charge in [-0.05, 0) is 0 Å². The van der Waals surface area contributed by atoms with Gasteiger partial charge in [0.05, 0.1) is 19.0 Å². The maximum Gasteiger partial charge on any atom is 0.151 e. The van der Waals surface area contributed by atoms with Crippen molar-refractivity contribution in [3.8, 4) is 0 Å². The highest BCUT2D eigenvalue weighted by Crippen LogP contribution is 2.24. The first-order chi connectivity index (χ1) is 7.99. The van der Waals surface area contributed by atoms with E-state index < -0.39 is 0 Å². The fourth-order valence-corrected chi connectivity index (χ4v) is 1.34. The summed E-state index contributed by atoms with van der Waals surface area (Å²) in [6.07, 6.45) is 2.62. The molecule has 96 valence electrons. The molecule has 1 rings (SSSR count). The normalized spacial score (nSPS) is 12.5. The Labute approximate surface area is 103 Å². The van der Waals surface area contributed by atoms with Gasteiger partial charge in [-0.25, -0.2) is 9.67 Å². The van der Waals surface area contributed by atoms with Crippen molar-refractivity contribution in [1.29, 1.82) is 0 Å². The number of methoxy groups -OCH3 is 1. The second kappa shape index (κ2) is 5.93. The summed E-state index contributed by atoms with van der Waals surface area (Å²) < 4.78 is 6.67. The summed E-state index contributed by atoms with van der Waals surface area (Å²) in [4.78, 5) is 4.36. The molecule has 0 radical (unpaired) electrons. The summed E-state index contributed by atoms with van der Waals surface area (Å²) in [7, 11) is 1.68. The third-order valence-electron chi connectivity index (χ3n) is 2.37. The topological polar surface area (TPSA) is 65.4 Å². The van der Waals surface area contributed by atoms with E-state index in [0.29, 0.717) is 13.3 Å². The molecule has 0 aliphatic heterocycles. The molecule has 0 aliphatic carbocycles. The van der Waals surface area contributed by atoms with Gasteiger partial charge in [-0.2, -0.15) is 5.10 Å². The number of nitrogens with zero attached hydrogens (tertiary/aromatic N) is 3. The van der Waals surface area contributed by atoms with E-state index in [1.54, 1.807) is 11.8 Å². The Hall–Kier alpha value is -1.20. The van der Waals surface area contributed by atoms with Gasteiger partial charge in [0.1, 0.15) is 0 Å². The molecule has 1 aromatic rings. The molecule has 5 heteroatoms. The van der Waals surface area contributed by atoms with Gasteiger partial charge in [0.25, 0.3) is 0 Å². The van der Waals surface area contributed by atoms with Crippen molar-refractivity contribution < 1.29 is 4.74 Å². The quantitative estimate of drug-likeness (QED) is 0.628. The van der Waals surface area contributed by atoms with Crippen molar-refractivity contribution in [2.45, 2.75) is 39.3 Å². The van der Waals surface area contributed by atoms with Crippen molar-refractivity contribution in [1.82, 2.24) is 9.78 Å². The molecule has 0 unspecified atom stereocenters. The van der Waals surface area contributed by atoms with Gasteiger partial charge < -0.3 is 10.5 Å². The zero-order valence-corrected chi connectivity index (χ0v) is 11.1. The maximum atomic E-state index is 5.64. The summed E-state index contributed by atoms with van der Waals surface area (Å²) in [5.74, 6) is 0.800. The highest BCUT2D eigenvalue weighted by molar-refractivity contribution is 5.62. The number of nitrogens with two attached hydrogens (primary N) is 1. The predicted octanol–water partition coefficient (Wildman–Crippen LogP) is 1.84. The zero-order valence-electron chi connectivity index (χ0n) is 11.1. The molecule has 0 spiro atoms. The Balaban J connectivity index is 2.84. The minimum atomic E-state index is 0.0111. The van der Waals surface area contributed by atoms with Crippen LogP contribution >= 0.6 is 0 Å². The van der Waals surface area contributed by atoms with Crippen LogP contribution in [-0.2, 0) is 16.8 Å². The van der Waals surface area contributed by atoms with E-state index in [9.17, 15) is 0 Å². The molecular formula is C12H22N4O. The lowest BCUT2D eigenvalue weighted by molar-refractivity contribution is 0.208. The average Bonchev–Trinajstić information content (AvgIpc) is 2.67. The Kier molecular flexibility index (Phi) is 4.84. The smallest absolute Gasteiger partial charge is 0.151 e. The van der Waals surface area contributed by atoms with Crippen molar-refractivity contribution in [2.24, 2.45) is 10.7 Å². The molecule has 0 amide bonds. The molecule has 0 aromatic carbocycles. The van der Waals surface area contributed by atoms with E-state index in [2.05, 4.69) is 30.9 Å². The highest BCUT2D eigenvalue weighted by atomic mass is 16.5. The summed E-state index contributed by atoms with van der Waals surface area (Å²) >= 11 is 0. The summed E-state index contributed by atoms with van der Waals surface area (Å²) in [5, 5.41) is 4.45. The molecule has 0 atom stereocenters. The summed E-state index contributed by atoms with van der Waals surface area (Å²) in [6, 6.07) is 1.98. The predicted molar refractivity (Wildman–Crippen MR) is 69.8 cm³/mol. The number of rotatable bonds is 5. The van der Waals surface area contributed by atoms with Crippen LogP contribution in [0, 0.1) is 0 Å². The Morgan fingerprint density at radius 2 is 2.24 bits per heavy atom. The van der Waals surface area contributed by atoms with Crippen molar-refractivity contribution in [3.05, 3.63) is 11.8 Å². The maximum absolute atomic E-state index is 5.64. The lowest BCUT2D eigenvalue weighted by Gasteiger charge is -2.13. The van der Waals surface area contributed by atoms with E-state index in [-0.39, 0.29) is 5.41 Å². The minimum absolute atomic E-state index is 0.0111. The van der Waals surface area contributed by atoms with Crippen molar-refractivity contribution in [2.75, 3.05) is 13.7 Å². The Morgan fingerprint density at radius 1 is 1.53 bits per heavy atom. The lowest BCUT2D eigenvalue weighted by atomic mass is 9.92. The van der Waals surface area contributed by atoms with Crippen LogP contribution in [0.25, 0.3) is 0 Å². The minimum Gasteiger partial charge on any atom is -0.384 e. The fraction of sp³-hybridized carbons (Fsp3) is 0.667. The molecule has 0 saturated heterocycles. The van der Waals surface area contributed by atoms with Crippen LogP contribution in [0.3, 0.4) is 0 Å². The Bertz CT molecular complexity index is 376. The fourth-order valence-electron chi connectivity index (χ4n) is 1.34. The van der Waals surface area contributed by atoms with Gasteiger partial charge in [0, 0.05) is 31.2 Å². The van der Waals surface area contributed by atoms with Crippen LogP contribution in [-0.4, -0.2) is 29.7 Å². The van der Waals surface area contributed by atoms with Crippen LogP contribution in [0.15, 0.2) is 11.1 Å². The first kappa shape index (κ1) is 13.9. The largest absolute Gasteiger partial charge is 0.384 e. The highest BCUT2D eigenvalue weighted by Gasteiger charge is 2.19. The monoisotopic (exact) mass is 238 g/mol. The van der Waals surface area contributed by atoms with Crippen LogP contribution in [0.5, 0.6) is 0 Å². The number of ether oxygens (including phenoxy) is 1. The van der Waals surface area contributed by atoms with Gasteiger partial charge in [-0.15, -0.1) is 0 Å². The molecule has 0 aliphatic rings. The first-order valence-electron chi connectivity index (χ1n) is 5.79. The van der Waals surface area contributed by atoms with E-state index >= 15 is 0 Å². The third-order valence-corrected chi connectivity index (χ3v) is 2.37. The third kappa shape index (κ3) is 3.94. The summed E-state index contributed by atoms with van der Waals surface area (Å²) in [5.41, 5.74) is 6.65. The van der Waals surface area contributed by atoms with Crippen LogP contribution in [0.2, 0.25) is 0 Å². The van der Waals surface area contributed by atoms with E-state index in [1.165, 1.54) is 0 Å². The Morgan fingerprint density at radius 3 is 2.76 bits per heavy atom. The van der Waals surface area contributed by atoms with Crippen LogP contribution in [0.1, 0.15) is 32.9 Å². The number of hydrogen-bond acceptors (Lipinski definition) is 4. The summed E-state index contributed by atoms with van der Waals surface area (Å²) in [6.45, 7) is 7.37. The number of hydrogen-bond donors (Lipinski definition) is 1. The van der Waals surface area contributed by atoms with Crippen molar-refractivity contribution >= 4 is 12.0 Å². The van der Waals surface area contributed by atoms with Gasteiger partial charge in [-0.1, -0.05) is 20.8 Å². The van der Waals surface area contributed by atoms with E-state index in [1.807, 2.05) is 12.3 Å². The van der Waals surface area contributed by atoms with Gasteiger partial charge >= 0.3 is 0 Å². The average molecular weight is 238 g/mol. The van der Waals surface area contributed by atoms with Crippen LogP contribution < -0.4 is 5.73 Å².